The number of aromatic nitrogens is 1. The Morgan fingerprint density at radius 3 is 2.33 bits per heavy atom. The predicted octanol–water partition coefficient (Wildman–Crippen LogP) is 6.43. The first kappa shape index (κ1) is 26.8. The predicted molar refractivity (Wildman–Crippen MR) is 160 cm³/mol. The van der Waals surface area contributed by atoms with Crippen LogP contribution >= 0.6 is 0 Å². The van der Waals surface area contributed by atoms with Crippen LogP contribution in [0.15, 0.2) is 79.0 Å². The van der Waals surface area contributed by atoms with Crippen LogP contribution in [0.25, 0.3) is 10.9 Å². The van der Waals surface area contributed by atoms with Gasteiger partial charge in [0.2, 0.25) is 6.79 Å². The van der Waals surface area contributed by atoms with Gasteiger partial charge in [-0.2, -0.15) is 0 Å². The van der Waals surface area contributed by atoms with Gasteiger partial charge >= 0.3 is 6.09 Å². The van der Waals surface area contributed by atoms with Crippen LogP contribution in [0.3, 0.4) is 0 Å². The first-order valence-corrected chi connectivity index (χ1v) is 14.7. The highest BCUT2D eigenvalue weighted by Crippen LogP contribution is 2.38. The van der Waals surface area contributed by atoms with Crippen LogP contribution in [0, 0.1) is 0 Å². The Kier molecular flexibility index (Phi) is 7.01. The number of benzene rings is 3. The van der Waals surface area contributed by atoms with Crippen molar-refractivity contribution in [2.45, 2.75) is 51.5 Å². The monoisotopic (exact) mass is 568 g/mol. The van der Waals surface area contributed by atoms with Crippen molar-refractivity contribution in [3.8, 4) is 5.75 Å². The van der Waals surface area contributed by atoms with Crippen molar-refractivity contribution < 1.29 is 23.9 Å². The molecule has 3 fully saturated rings. The van der Waals surface area contributed by atoms with Crippen molar-refractivity contribution in [2.75, 3.05) is 36.6 Å². The summed E-state index contributed by atoms with van der Waals surface area (Å²) in [5.74, 6) is 0.915. The van der Waals surface area contributed by atoms with E-state index in [4.69, 9.17) is 19.1 Å². The Bertz CT molecular complexity index is 1560. The molecule has 0 saturated carbocycles. The third kappa shape index (κ3) is 5.08. The molecule has 0 atom stereocenters. The summed E-state index contributed by atoms with van der Waals surface area (Å²) in [5.41, 5.74) is 4.74. The average Bonchev–Trinajstić information content (AvgIpc) is 3.51. The summed E-state index contributed by atoms with van der Waals surface area (Å²) in [6.07, 6.45) is 3.59. The maximum Gasteiger partial charge on any atom is 0.415 e. The van der Waals surface area contributed by atoms with E-state index in [9.17, 15) is 4.79 Å². The van der Waals surface area contributed by atoms with Crippen molar-refractivity contribution >= 4 is 28.4 Å². The number of ether oxygens (including phenoxy) is 2. The lowest BCUT2D eigenvalue weighted by Crippen LogP contribution is -2.46. The summed E-state index contributed by atoms with van der Waals surface area (Å²) in [7, 11) is 0. The Hall–Kier alpha value is -4.05. The first-order chi connectivity index (χ1) is 20.5. The molecule has 0 aliphatic carbocycles. The normalized spacial score (nSPS) is 18.6. The highest BCUT2D eigenvalue weighted by atomic mass is 17.1. The highest BCUT2D eigenvalue weighted by molar-refractivity contribution is 5.91. The molecule has 1 amide bonds. The van der Waals surface area contributed by atoms with Crippen LogP contribution in [0.1, 0.15) is 43.9 Å². The molecule has 7 rings (SSSR count). The largest absolute Gasteiger partial charge is 0.488 e. The summed E-state index contributed by atoms with van der Waals surface area (Å²) < 4.78 is 14.8. The molecule has 1 aromatic heterocycles. The van der Waals surface area contributed by atoms with Crippen LogP contribution < -0.4 is 14.9 Å². The minimum Gasteiger partial charge on any atom is -0.488 e. The molecule has 1 spiro atoms. The molecule has 0 unspecified atom stereocenters. The van der Waals surface area contributed by atoms with E-state index in [1.165, 1.54) is 21.7 Å². The molecule has 3 aromatic carbocycles. The zero-order valence-corrected chi connectivity index (χ0v) is 24.1. The summed E-state index contributed by atoms with van der Waals surface area (Å²) >= 11 is 0. The molecule has 3 aliphatic rings. The summed E-state index contributed by atoms with van der Waals surface area (Å²) in [6.45, 7) is 8.29. The fourth-order valence-corrected chi connectivity index (χ4v) is 6.21. The number of likely N-dealkylation sites (tertiary alicyclic amines) is 1. The van der Waals surface area contributed by atoms with Gasteiger partial charge in [0, 0.05) is 55.8 Å². The molecule has 9 heteroatoms. The highest BCUT2D eigenvalue weighted by Gasteiger charge is 2.47. The Morgan fingerprint density at radius 2 is 1.64 bits per heavy atom. The number of carbonyl (C=O) groups is 1. The molecule has 0 N–H and O–H groups in total. The van der Waals surface area contributed by atoms with Crippen LogP contribution in [0.5, 0.6) is 5.75 Å². The number of fused-ring (bicyclic) bond motifs is 1. The fraction of sp³-hybridized carbons (Fsp3) is 0.364. The molecule has 42 heavy (non-hydrogen) atoms. The smallest absolute Gasteiger partial charge is 0.415 e. The molecular formula is C33H36N4O5. The average molecular weight is 569 g/mol. The van der Waals surface area contributed by atoms with Crippen molar-refractivity contribution in [1.29, 1.82) is 0 Å². The van der Waals surface area contributed by atoms with E-state index in [0.29, 0.717) is 19.2 Å². The third-order valence-electron chi connectivity index (χ3n) is 8.54. The van der Waals surface area contributed by atoms with Gasteiger partial charge in [0.15, 0.2) is 0 Å². The van der Waals surface area contributed by atoms with Crippen molar-refractivity contribution in [3.05, 3.63) is 90.1 Å². The van der Waals surface area contributed by atoms with Crippen molar-refractivity contribution in [2.24, 2.45) is 0 Å². The van der Waals surface area contributed by atoms with E-state index < -0.39 is 5.60 Å². The molecule has 0 bridgehead atoms. The van der Waals surface area contributed by atoms with Crippen molar-refractivity contribution in [1.82, 2.24) is 9.47 Å². The summed E-state index contributed by atoms with van der Waals surface area (Å²) in [6, 6.07) is 24.5. The Balaban J connectivity index is 1.05. The van der Waals surface area contributed by atoms with E-state index in [1.807, 2.05) is 42.5 Å². The maximum atomic E-state index is 12.9. The van der Waals surface area contributed by atoms with Gasteiger partial charge in [-0.3, -0.25) is 9.80 Å². The Morgan fingerprint density at radius 1 is 0.905 bits per heavy atom. The van der Waals surface area contributed by atoms with Crippen LogP contribution in [0.4, 0.5) is 16.2 Å². The second kappa shape index (κ2) is 11.0. The van der Waals surface area contributed by atoms with E-state index >= 15 is 0 Å². The lowest BCUT2D eigenvalue weighted by molar-refractivity contribution is -0.277. The number of amides is 1. The molecule has 4 aromatic rings. The SMILES string of the molecule is CC(C)n1cc(CN2CCC3(CC2)CN(c2ccc(N4OCO4)cc2)C(=O)O3)c2c(OCc3ccccc3)cccc21. The maximum absolute atomic E-state index is 12.9. The molecule has 3 saturated heterocycles. The fourth-order valence-electron chi connectivity index (χ4n) is 6.21. The number of anilines is 2. The van der Waals surface area contributed by atoms with Crippen LogP contribution in [-0.2, 0) is 27.6 Å². The number of piperidine rings is 1. The number of hydrogen-bond acceptors (Lipinski definition) is 7. The lowest BCUT2D eigenvalue weighted by Gasteiger charge is -2.37. The van der Waals surface area contributed by atoms with Crippen LogP contribution in [-0.4, -0.2) is 47.6 Å². The lowest BCUT2D eigenvalue weighted by atomic mass is 9.91. The van der Waals surface area contributed by atoms with Crippen LogP contribution in [0.2, 0.25) is 0 Å². The second-order valence-electron chi connectivity index (χ2n) is 11.6. The van der Waals surface area contributed by atoms with E-state index in [1.54, 1.807) is 4.90 Å². The first-order valence-electron chi connectivity index (χ1n) is 14.7. The standard InChI is InChI=1S/C33H36N4O5/c1-24(2)35-20-26(31-29(35)9-6-10-30(31)39-21-25-7-4-3-5-8-25)19-34-17-15-33(16-18-34)22-36(32(38)42-33)27-11-13-28(14-12-27)37-40-23-41-37/h3-14,20,24H,15-19,21-23H2,1-2H3. The summed E-state index contributed by atoms with van der Waals surface area (Å²) in [4.78, 5) is 27.6. The molecule has 218 valence electrons. The minimum atomic E-state index is -0.466. The summed E-state index contributed by atoms with van der Waals surface area (Å²) in [5, 5.41) is 2.54. The van der Waals surface area contributed by atoms with E-state index in [0.717, 1.165) is 55.2 Å². The number of carbonyl (C=O) groups excluding carboxylic acids is 1. The van der Waals surface area contributed by atoms with Gasteiger partial charge in [0.1, 0.15) is 18.0 Å². The van der Waals surface area contributed by atoms with E-state index in [-0.39, 0.29) is 12.9 Å². The van der Waals surface area contributed by atoms with Gasteiger partial charge < -0.3 is 14.0 Å². The topological polar surface area (TPSA) is 68.6 Å². The van der Waals surface area contributed by atoms with Gasteiger partial charge in [0.05, 0.1) is 17.7 Å². The number of hydrogen-bond donors (Lipinski definition) is 0. The van der Waals surface area contributed by atoms with Gasteiger partial charge in [0.25, 0.3) is 0 Å². The minimum absolute atomic E-state index is 0.253. The van der Waals surface area contributed by atoms with Gasteiger partial charge in [-0.05, 0) is 61.4 Å². The molecule has 4 heterocycles. The van der Waals surface area contributed by atoms with Gasteiger partial charge in [-0.1, -0.05) is 36.4 Å². The Labute approximate surface area is 245 Å². The third-order valence-corrected chi connectivity index (χ3v) is 8.54. The van der Waals surface area contributed by atoms with E-state index in [2.05, 4.69) is 59.8 Å². The van der Waals surface area contributed by atoms with Gasteiger partial charge in [-0.25, -0.2) is 14.5 Å². The number of nitrogens with zero attached hydrogens (tertiary/aromatic N) is 4. The zero-order valence-electron chi connectivity index (χ0n) is 24.1. The second-order valence-corrected chi connectivity index (χ2v) is 11.6. The molecular weight excluding hydrogens is 532 g/mol. The quantitative estimate of drug-likeness (QED) is 0.243. The number of rotatable bonds is 8. The molecule has 3 aliphatic heterocycles. The molecule has 0 radical (unpaired) electrons. The molecule has 9 nitrogen and oxygen atoms in total. The zero-order chi connectivity index (χ0) is 28.7. The van der Waals surface area contributed by atoms with Crippen molar-refractivity contribution in [3.63, 3.8) is 0 Å². The van der Waals surface area contributed by atoms with Gasteiger partial charge in [-0.15, -0.1) is 5.23 Å².